The fourth-order valence-electron chi connectivity index (χ4n) is 4.62. The number of aromatic nitrogens is 2. The number of carbonyl (C=O) groups is 3. The number of aliphatic carboxylic acids is 1. The van der Waals surface area contributed by atoms with E-state index in [-0.39, 0.29) is 36.8 Å². The Balaban J connectivity index is 2.53. The van der Waals surface area contributed by atoms with Gasteiger partial charge in [-0.2, -0.15) is 11.8 Å². The zero-order valence-corrected chi connectivity index (χ0v) is 26.8. The average Bonchev–Trinajstić information content (AvgIpc) is 2.82. The lowest BCUT2D eigenvalue weighted by molar-refractivity contribution is -0.152. The van der Waals surface area contributed by atoms with E-state index < -0.39 is 29.1 Å². The molecule has 10 nitrogen and oxygen atoms in total. The Morgan fingerprint density at radius 3 is 2.42 bits per heavy atom. The van der Waals surface area contributed by atoms with Crippen LogP contribution in [0.5, 0.6) is 0 Å². The maximum absolute atomic E-state index is 14.3. The molecule has 0 unspecified atom stereocenters. The molecule has 1 aliphatic rings. The molecule has 2 rings (SSSR count). The number of carboxylic acids is 1. The van der Waals surface area contributed by atoms with Crippen LogP contribution in [0.3, 0.4) is 0 Å². The van der Waals surface area contributed by atoms with E-state index in [4.69, 9.17) is 9.72 Å². The minimum Gasteiger partial charge on any atom is -0.481 e. The summed E-state index contributed by atoms with van der Waals surface area (Å²) in [6.07, 6.45) is 4.15. The Labute approximate surface area is 244 Å². The van der Waals surface area contributed by atoms with E-state index in [2.05, 4.69) is 16.6 Å². The summed E-state index contributed by atoms with van der Waals surface area (Å²) in [5.74, 6) is 0.870. The summed E-state index contributed by atoms with van der Waals surface area (Å²) in [7, 11) is 0. The molecule has 1 saturated heterocycles. The van der Waals surface area contributed by atoms with E-state index >= 15 is 0 Å². The van der Waals surface area contributed by atoms with Crippen molar-refractivity contribution < 1.29 is 24.2 Å². The van der Waals surface area contributed by atoms with E-state index in [9.17, 15) is 19.5 Å². The Hall–Kier alpha value is -2.56. The van der Waals surface area contributed by atoms with Gasteiger partial charge in [-0.25, -0.2) is 14.8 Å². The number of nitrogens with zero attached hydrogens (tertiary/aromatic N) is 4. The number of hydrogen-bond acceptors (Lipinski definition) is 8. The second kappa shape index (κ2) is 13.4. The molecule has 2 N–H and O–H groups in total. The number of likely N-dealkylation sites (tertiary alicyclic amines) is 1. The van der Waals surface area contributed by atoms with Gasteiger partial charge in [0.2, 0.25) is 0 Å². The number of amides is 2. The molecule has 0 spiro atoms. The van der Waals surface area contributed by atoms with E-state index in [0.717, 1.165) is 12.2 Å². The summed E-state index contributed by atoms with van der Waals surface area (Å²) in [6, 6.07) is -0.538. The van der Waals surface area contributed by atoms with Gasteiger partial charge in [-0.15, -0.1) is 0 Å². The summed E-state index contributed by atoms with van der Waals surface area (Å²) in [4.78, 5) is 52.2. The zero-order valence-electron chi connectivity index (χ0n) is 26.0. The molecule has 0 aromatic carbocycles. The van der Waals surface area contributed by atoms with Crippen LogP contribution in [0.15, 0.2) is 6.20 Å². The van der Waals surface area contributed by atoms with Gasteiger partial charge >= 0.3 is 12.1 Å². The monoisotopic (exact) mass is 579 g/mol. The third kappa shape index (κ3) is 9.24. The molecule has 1 fully saturated rings. The minimum absolute atomic E-state index is 0.00307. The Morgan fingerprint density at radius 1 is 1.25 bits per heavy atom. The van der Waals surface area contributed by atoms with Gasteiger partial charge < -0.3 is 25.0 Å². The minimum atomic E-state index is -1.25. The van der Waals surface area contributed by atoms with Gasteiger partial charge in [-0.1, -0.05) is 34.6 Å². The Morgan fingerprint density at radius 2 is 1.90 bits per heavy atom. The SMILES string of the molecule is CSCCCNc1nc(C(C)(C)C)ncc1C(=O)N(CC(C)C)[C@@H]1CN(C(=O)OC(C)(C)C)C[C@](C)(C(=O)O)C1. The van der Waals surface area contributed by atoms with Crippen molar-refractivity contribution in [2.75, 3.05) is 43.5 Å². The van der Waals surface area contributed by atoms with Gasteiger partial charge in [-0.05, 0) is 58.5 Å². The standard InChI is InChI=1S/C29H49N5O5S/c1-19(2)16-34(20-14-29(9,25(36)37)18-33(17-20)26(38)39-28(6,7)8)23(35)21-15-31-24(27(3,4)5)32-22(21)30-12-11-13-40-10/h15,19-20H,11-14,16-18H2,1-10H3,(H,36,37)(H,30,31,32)/t20-,29+/m0/s1. The average molecular weight is 580 g/mol. The highest BCUT2D eigenvalue weighted by Crippen LogP contribution is 2.34. The molecule has 0 bridgehead atoms. The number of rotatable bonds is 10. The molecule has 1 aromatic rings. The first-order chi connectivity index (χ1) is 18.4. The number of nitrogens with one attached hydrogen (secondary N) is 1. The number of ether oxygens (including phenoxy) is 1. The van der Waals surface area contributed by atoms with Crippen molar-refractivity contribution in [2.24, 2.45) is 11.3 Å². The molecule has 0 aliphatic carbocycles. The number of carboxylic acid groups (broad SMARTS) is 1. The summed E-state index contributed by atoms with van der Waals surface area (Å²) >= 11 is 1.75. The van der Waals surface area contributed by atoms with Crippen LogP contribution < -0.4 is 5.32 Å². The van der Waals surface area contributed by atoms with Gasteiger partial charge in [-0.3, -0.25) is 9.59 Å². The maximum Gasteiger partial charge on any atom is 0.410 e. The second-order valence-electron chi connectivity index (χ2n) is 13.4. The lowest BCUT2D eigenvalue weighted by atomic mass is 9.79. The molecule has 226 valence electrons. The van der Waals surface area contributed by atoms with Crippen LogP contribution in [-0.2, 0) is 14.9 Å². The number of piperidine rings is 1. The number of anilines is 1. The summed E-state index contributed by atoms with van der Waals surface area (Å²) in [5.41, 5.74) is -1.96. The molecule has 11 heteroatoms. The molecule has 2 heterocycles. The van der Waals surface area contributed by atoms with Crippen molar-refractivity contribution in [2.45, 2.75) is 92.2 Å². The van der Waals surface area contributed by atoms with E-state index in [1.807, 2.05) is 34.6 Å². The Kier molecular flexibility index (Phi) is 11.3. The predicted molar refractivity (Wildman–Crippen MR) is 160 cm³/mol. The first-order valence-electron chi connectivity index (χ1n) is 14.0. The fourth-order valence-corrected chi connectivity index (χ4v) is 5.06. The van der Waals surface area contributed by atoms with Crippen LogP contribution in [0.25, 0.3) is 0 Å². The molecule has 0 radical (unpaired) electrons. The lowest BCUT2D eigenvalue weighted by Crippen LogP contribution is -2.60. The second-order valence-corrected chi connectivity index (χ2v) is 14.4. The summed E-state index contributed by atoms with van der Waals surface area (Å²) in [5, 5.41) is 13.5. The van der Waals surface area contributed by atoms with Gasteiger partial charge in [0.1, 0.15) is 22.8 Å². The molecule has 2 atom stereocenters. The fraction of sp³-hybridized carbons (Fsp3) is 0.759. The predicted octanol–water partition coefficient (Wildman–Crippen LogP) is 5.14. The van der Waals surface area contributed by atoms with Crippen LogP contribution >= 0.6 is 11.8 Å². The number of thioether (sulfide) groups is 1. The molecule has 40 heavy (non-hydrogen) atoms. The first-order valence-corrected chi connectivity index (χ1v) is 15.4. The van der Waals surface area contributed by atoms with Gasteiger partial charge in [0.15, 0.2) is 0 Å². The van der Waals surface area contributed by atoms with E-state index in [1.165, 1.54) is 4.90 Å². The zero-order chi connectivity index (χ0) is 30.5. The normalized spacial score (nSPS) is 19.9. The maximum atomic E-state index is 14.3. The number of hydrogen-bond donors (Lipinski definition) is 2. The van der Waals surface area contributed by atoms with Crippen molar-refractivity contribution in [1.29, 1.82) is 0 Å². The highest BCUT2D eigenvalue weighted by Gasteiger charge is 2.47. The summed E-state index contributed by atoms with van der Waals surface area (Å²) < 4.78 is 5.59. The molecule has 1 aromatic heterocycles. The largest absolute Gasteiger partial charge is 0.481 e. The third-order valence-corrected chi connectivity index (χ3v) is 7.29. The third-order valence-electron chi connectivity index (χ3n) is 6.60. The van der Waals surface area contributed by atoms with Crippen molar-refractivity contribution in [3.63, 3.8) is 0 Å². The smallest absolute Gasteiger partial charge is 0.410 e. The van der Waals surface area contributed by atoms with Gasteiger partial charge in [0.25, 0.3) is 5.91 Å². The highest BCUT2D eigenvalue weighted by atomic mass is 32.2. The van der Waals surface area contributed by atoms with Gasteiger partial charge in [0.05, 0.1) is 11.5 Å². The summed E-state index contributed by atoms with van der Waals surface area (Å²) in [6.45, 7) is 18.2. The topological polar surface area (TPSA) is 125 Å². The van der Waals surface area contributed by atoms with E-state index in [1.54, 1.807) is 50.6 Å². The molecular formula is C29H49N5O5S. The molecule has 2 amide bonds. The van der Waals surface area contributed by atoms with Crippen molar-refractivity contribution >= 4 is 35.5 Å². The van der Waals surface area contributed by atoms with E-state index in [0.29, 0.717) is 30.3 Å². The van der Waals surface area contributed by atoms with Crippen LogP contribution in [-0.4, -0.2) is 92.7 Å². The lowest BCUT2D eigenvalue weighted by Gasteiger charge is -2.46. The number of carbonyl (C=O) groups excluding carboxylic acids is 2. The highest BCUT2D eigenvalue weighted by molar-refractivity contribution is 7.98. The molecule has 1 aliphatic heterocycles. The van der Waals surface area contributed by atoms with Gasteiger partial charge in [0, 0.05) is 37.8 Å². The van der Waals surface area contributed by atoms with Crippen LogP contribution in [0.4, 0.5) is 10.6 Å². The van der Waals surface area contributed by atoms with Crippen molar-refractivity contribution in [1.82, 2.24) is 19.8 Å². The van der Waals surface area contributed by atoms with Crippen LogP contribution in [0.1, 0.15) is 91.3 Å². The van der Waals surface area contributed by atoms with Crippen LogP contribution in [0, 0.1) is 11.3 Å². The van der Waals surface area contributed by atoms with Crippen molar-refractivity contribution in [3.8, 4) is 0 Å². The Bertz CT molecular complexity index is 1050. The van der Waals surface area contributed by atoms with Crippen LogP contribution in [0.2, 0.25) is 0 Å². The quantitative estimate of drug-likeness (QED) is 0.363. The molecular weight excluding hydrogens is 530 g/mol. The first kappa shape index (κ1) is 33.6. The molecule has 0 saturated carbocycles. The van der Waals surface area contributed by atoms with Crippen molar-refractivity contribution in [3.05, 3.63) is 17.6 Å².